The molecular formula is C19H13Cl2N3OS2. The van der Waals surface area contributed by atoms with E-state index < -0.39 is 5.25 Å². The number of aromatic nitrogens is 1. The number of halogens is 2. The van der Waals surface area contributed by atoms with Gasteiger partial charge in [0.2, 0.25) is 0 Å². The summed E-state index contributed by atoms with van der Waals surface area (Å²) in [5.41, 5.74) is 1.83. The second-order valence-corrected chi connectivity index (χ2v) is 8.94. The molecular weight excluding hydrogens is 421 g/mol. The predicted molar refractivity (Wildman–Crippen MR) is 113 cm³/mol. The Morgan fingerprint density at radius 1 is 1.15 bits per heavy atom. The Morgan fingerprint density at radius 2 is 1.93 bits per heavy atom. The number of nitrogens with zero attached hydrogens (tertiary/aromatic N) is 2. The lowest BCUT2D eigenvalue weighted by Crippen LogP contribution is -2.29. The molecule has 1 aromatic heterocycles. The number of amidine groups is 1. The molecule has 3 aromatic rings. The highest BCUT2D eigenvalue weighted by molar-refractivity contribution is 8.15. The van der Waals surface area contributed by atoms with Crippen molar-refractivity contribution in [2.45, 2.75) is 11.7 Å². The number of benzene rings is 2. The van der Waals surface area contributed by atoms with Crippen LogP contribution in [-0.2, 0) is 11.2 Å². The van der Waals surface area contributed by atoms with E-state index in [1.807, 2.05) is 36.4 Å². The lowest BCUT2D eigenvalue weighted by molar-refractivity contribution is -0.117. The number of thiazole rings is 1. The molecule has 2 heterocycles. The molecule has 0 spiro atoms. The number of amides is 1. The summed E-state index contributed by atoms with van der Waals surface area (Å²) in [5.74, 6) is -0.137. The third-order valence-corrected chi connectivity index (χ3v) is 6.78. The van der Waals surface area contributed by atoms with Crippen molar-refractivity contribution in [1.82, 2.24) is 4.98 Å². The molecule has 1 fully saturated rings. The fourth-order valence-electron chi connectivity index (χ4n) is 2.79. The molecule has 1 amide bonds. The summed E-state index contributed by atoms with van der Waals surface area (Å²) < 4.78 is 0. The van der Waals surface area contributed by atoms with Gasteiger partial charge in [0.15, 0.2) is 10.3 Å². The van der Waals surface area contributed by atoms with E-state index in [2.05, 4.69) is 4.98 Å². The first kappa shape index (κ1) is 18.5. The summed E-state index contributed by atoms with van der Waals surface area (Å²) in [4.78, 5) is 19.6. The molecule has 1 N–H and O–H groups in total. The summed E-state index contributed by atoms with van der Waals surface area (Å²) >= 11 is 14.8. The molecule has 1 aliphatic rings. The Morgan fingerprint density at radius 3 is 2.67 bits per heavy atom. The van der Waals surface area contributed by atoms with E-state index in [0.29, 0.717) is 21.6 Å². The van der Waals surface area contributed by atoms with Gasteiger partial charge >= 0.3 is 0 Å². The third-order valence-electron chi connectivity index (χ3n) is 4.09. The number of rotatable bonds is 4. The van der Waals surface area contributed by atoms with Crippen LogP contribution >= 0.6 is 46.3 Å². The average molecular weight is 434 g/mol. The summed E-state index contributed by atoms with van der Waals surface area (Å²) in [6, 6.07) is 14.9. The zero-order valence-electron chi connectivity index (χ0n) is 13.9. The van der Waals surface area contributed by atoms with Crippen molar-refractivity contribution in [3.63, 3.8) is 0 Å². The number of hydrogen-bond donors (Lipinski definition) is 1. The molecule has 4 nitrogen and oxygen atoms in total. The summed E-state index contributed by atoms with van der Waals surface area (Å²) in [6.45, 7) is 0. The molecule has 27 heavy (non-hydrogen) atoms. The first-order valence-electron chi connectivity index (χ1n) is 8.05. The molecule has 8 heteroatoms. The average Bonchev–Trinajstić information content (AvgIpc) is 3.22. The fourth-order valence-corrected chi connectivity index (χ4v) is 5.27. The van der Waals surface area contributed by atoms with E-state index in [9.17, 15) is 4.79 Å². The van der Waals surface area contributed by atoms with Crippen molar-refractivity contribution in [2.75, 3.05) is 4.90 Å². The minimum absolute atomic E-state index is 0.137. The third kappa shape index (κ3) is 3.75. The van der Waals surface area contributed by atoms with Crippen LogP contribution in [0.25, 0.3) is 0 Å². The molecule has 4 rings (SSSR count). The fraction of sp³-hybridized carbons (Fsp3) is 0.105. The van der Waals surface area contributed by atoms with Crippen LogP contribution in [0, 0.1) is 5.41 Å². The molecule has 2 aromatic carbocycles. The van der Waals surface area contributed by atoms with Crippen LogP contribution in [0.3, 0.4) is 0 Å². The Balaban J connectivity index is 1.56. The molecule has 1 unspecified atom stereocenters. The van der Waals surface area contributed by atoms with Crippen molar-refractivity contribution in [2.24, 2.45) is 0 Å². The van der Waals surface area contributed by atoms with Crippen LogP contribution < -0.4 is 4.90 Å². The molecule has 1 atom stereocenters. The Bertz CT molecular complexity index is 1020. The minimum atomic E-state index is -0.406. The van der Waals surface area contributed by atoms with Gasteiger partial charge in [0.1, 0.15) is 5.25 Å². The minimum Gasteiger partial charge on any atom is -0.278 e. The Labute approximate surface area is 174 Å². The number of carbonyl (C=O) groups is 1. The predicted octanol–water partition coefficient (Wildman–Crippen LogP) is 5.80. The molecule has 1 saturated heterocycles. The summed E-state index contributed by atoms with van der Waals surface area (Å²) in [5, 5.41) is 9.73. The Kier molecular flexibility index (Phi) is 5.23. The Hall–Kier alpha value is -1.86. The van der Waals surface area contributed by atoms with Gasteiger partial charge in [-0.3, -0.25) is 10.2 Å². The van der Waals surface area contributed by atoms with E-state index in [4.69, 9.17) is 28.6 Å². The van der Waals surface area contributed by atoms with E-state index in [1.54, 1.807) is 18.3 Å². The second kappa shape index (κ2) is 7.64. The van der Waals surface area contributed by atoms with Crippen LogP contribution in [0.15, 0.2) is 54.7 Å². The molecule has 1 aliphatic heterocycles. The van der Waals surface area contributed by atoms with Crippen molar-refractivity contribution in [3.8, 4) is 0 Å². The zero-order valence-corrected chi connectivity index (χ0v) is 17.0. The van der Waals surface area contributed by atoms with Gasteiger partial charge in [-0.05, 0) is 23.3 Å². The first-order valence-corrected chi connectivity index (χ1v) is 10.5. The highest BCUT2D eigenvalue weighted by Crippen LogP contribution is 2.42. The largest absolute Gasteiger partial charge is 0.278 e. The van der Waals surface area contributed by atoms with Gasteiger partial charge in [-0.1, -0.05) is 71.4 Å². The maximum absolute atomic E-state index is 12.9. The van der Waals surface area contributed by atoms with Gasteiger partial charge in [0.25, 0.3) is 5.91 Å². The quantitative estimate of drug-likeness (QED) is 0.565. The van der Waals surface area contributed by atoms with Gasteiger partial charge in [-0.15, -0.1) is 11.3 Å². The van der Waals surface area contributed by atoms with Crippen LogP contribution in [-0.4, -0.2) is 16.1 Å². The van der Waals surface area contributed by atoms with E-state index in [0.717, 1.165) is 16.0 Å². The number of thioether (sulfide) groups is 1. The highest BCUT2D eigenvalue weighted by atomic mass is 35.5. The summed E-state index contributed by atoms with van der Waals surface area (Å²) in [6.07, 6.45) is 2.32. The lowest BCUT2D eigenvalue weighted by Gasteiger charge is -2.11. The van der Waals surface area contributed by atoms with Crippen molar-refractivity contribution in [3.05, 3.63) is 80.8 Å². The summed E-state index contributed by atoms with van der Waals surface area (Å²) in [7, 11) is 0. The molecule has 136 valence electrons. The number of hydrogen-bond acceptors (Lipinski definition) is 5. The van der Waals surface area contributed by atoms with E-state index in [-0.39, 0.29) is 11.1 Å². The van der Waals surface area contributed by atoms with Crippen LogP contribution in [0.4, 0.5) is 5.13 Å². The lowest BCUT2D eigenvalue weighted by atomic mass is 10.1. The number of carbonyl (C=O) groups excluding carboxylic acids is 1. The number of nitrogens with one attached hydrogen (secondary N) is 1. The molecule has 0 radical (unpaired) electrons. The second-order valence-electron chi connectivity index (χ2n) is 5.91. The smallest absolute Gasteiger partial charge is 0.253 e. The normalized spacial score (nSPS) is 17.0. The standard InChI is InChI=1S/C19H13Cl2N3OS2/c20-13-7-6-12(15(21)9-13)8-14-10-23-19(26-14)24-17(25)16(27-18(24)22)11-4-2-1-3-5-11/h1-7,9-10,16,22H,8H2. The SMILES string of the molecule is N=C1SC(c2ccccc2)C(=O)N1c1ncc(Cc2ccc(Cl)cc2Cl)s1. The van der Waals surface area contributed by atoms with Gasteiger partial charge in [-0.2, -0.15) is 0 Å². The van der Waals surface area contributed by atoms with Gasteiger partial charge < -0.3 is 0 Å². The number of anilines is 1. The van der Waals surface area contributed by atoms with Crippen LogP contribution in [0.2, 0.25) is 10.0 Å². The van der Waals surface area contributed by atoms with Gasteiger partial charge in [0, 0.05) is 27.5 Å². The molecule has 0 saturated carbocycles. The van der Waals surface area contributed by atoms with Crippen LogP contribution in [0.1, 0.15) is 21.3 Å². The highest BCUT2D eigenvalue weighted by Gasteiger charge is 2.40. The van der Waals surface area contributed by atoms with Crippen molar-refractivity contribution in [1.29, 1.82) is 5.41 Å². The van der Waals surface area contributed by atoms with Gasteiger partial charge in [0.05, 0.1) is 0 Å². The van der Waals surface area contributed by atoms with Crippen LogP contribution in [0.5, 0.6) is 0 Å². The maximum atomic E-state index is 12.9. The topological polar surface area (TPSA) is 57.1 Å². The molecule has 0 bridgehead atoms. The van der Waals surface area contributed by atoms with E-state index in [1.165, 1.54) is 28.0 Å². The molecule has 0 aliphatic carbocycles. The van der Waals surface area contributed by atoms with Crippen molar-refractivity contribution >= 4 is 62.5 Å². The van der Waals surface area contributed by atoms with E-state index >= 15 is 0 Å². The van der Waals surface area contributed by atoms with Crippen molar-refractivity contribution < 1.29 is 4.79 Å². The maximum Gasteiger partial charge on any atom is 0.253 e. The monoisotopic (exact) mass is 433 g/mol. The zero-order chi connectivity index (χ0) is 19.0. The first-order chi connectivity index (χ1) is 13.0. The van der Waals surface area contributed by atoms with Gasteiger partial charge in [-0.25, -0.2) is 9.88 Å².